The lowest BCUT2D eigenvalue weighted by atomic mass is 9.90. The molecule has 22 heavy (non-hydrogen) atoms. The fourth-order valence-electron chi connectivity index (χ4n) is 2.45. The Hall–Kier alpha value is -1.67. The molecule has 0 saturated carbocycles. The van der Waals surface area contributed by atoms with Crippen LogP contribution in [-0.4, -0.2) is 32.0 Å². The van der Waals surface area contributed by atoms with E-state index >= 15 is 0 Å². The Bertz CT molecular complexity index is 665. The van der Waals surface area contributed by atoms with Crippen molar-refractivity contribution in [2.75, 3.05) is 6.61 Å². The Labute approximate surface area is 129 Å². The van der Waals surface area contributed by atoms with Gasteiger partial charge in [0.15, 0.2) is 6.39 Å². The van der Waals surface area contributed by atoms with Crippen molar-refractivity contribution in [3.05, 3.63) is 30.0 Å². The van der Waals surface area contributed by atoms with E-state index in [4.69, 9.17) is 9.15 Å². The van der Waals surface area contributed by atoms with Crippen LogP contribution in [0.1, 0.15) is 31.2 Å². The zero-order chi connectivity index (χ0) is 16.3. The van der Waals surface area contributed by atoms with Crippen LogP contribution in [0, 0.1) is 12.8 Å². The minimum Gasteiger partial charge on any atom is -0.448 e. The Morgan fingerprint density at radius 3 is 2.86 bits per heavy atom. The first-order valence-electron chi connectivity index (χ1n) is 7.00. The van der Waals surface area contributed by atoms with Gasteiger partial charge in [-0.1, -0.05) is 12.2 Å². The zero-order valence-corrected chi connectivity index (χ0v) is 13.5. The summed E-state index contributed by atoms with van der Waals surface area (Å²) in [5.41, 5.74) is 1.00. The third kappa shape index (κ3) is 3.95. The van der Waals surface area contributed by atoms with E-state index in [9.17, 15) is 13.2 Å². The smallest absolute Gasteiger partial charge is 0.240 e. The lowest BCUT2D eigenvalue weighted by Gasteiger charge is -2.31. The number of sulfonamides is 1. The normalized spacial score (nSPS) is 22.3. The molecule has 1 aromatic heterocycles. The van der Waals surface area contributed by atoms with Gasteiger partial charge in [0.25, 0.3) is 0 Å². The summed E-state index contributed by atoms with van der Waals surface area (Å²) in [6, 6.07) is 0. The van der Waals surface area contributed by atoms with E-state index in [1.54, 1.807) is 13.8 Å². The molecule has 0 aliphatic carbocycles. The molecule has 2 heterocycles. The summed E-state index contributed by atoms with van der Waals surface area (Å²) < 4.78 is 36.8. The summed E-state index contributed by atoms with van der Waals surface area (Å²) in [7, 11) is -3.83. The summed E-state index contributed by atoms with van der Waals surface area (Å²) in [5.74, 6) is -1.08. The molecule has 0 aromatic carbocycles. The summed E-state index contributed by atoms with van der Waals surface area (Å²) >= 11 is 0. The molecule has 1 fully saturated rings. The maximum atomic E-state index is 12.3. The summed E-state index contributed by atoms with van der Waals surface area (Å²) in [6.45, 7) is 7.74. The average molecular weight is 328 g/mol. The topological polar surface area (TPSA) is 98.5 Å². The van der Waals surface area contributed by atoms with E-state index in [0.717, 1.165) is 0 Å². The van der Waals surface area contributed by atoms with Crippen LogP contribution in [0.3, 0.4) is 0 Å². The van der Waals surface area contributed by atoms with E-state index in [0.29, 0.717) is 30.8 Å². The fraction of sp³-hybridized carbons (Fsp3) is 0.571. The predicted molar refractivity (Wildman–Crippen MR) is 79.3 cm³/mol. The molecule has 1 N–H and O–H groups in total. The molecule has 1 aliphatic heterocycles. The summed E-state index contributed by atoms with van der Waals surface area (Å²) in [6.07, 6.45) is 2.01. The molecule has 1 amide bonds. The van der Waals surface area contributed by atoms with E-state index in [1.165, 1.54) is 6.39 Å². The van der Waals surface area contributed by atoms with Crippen LogP contribution < -0.4 is 4.72 Å². The second-order valence-electron chi connectivity index (χ2n) is 5.47. The number of nitrogens with one attached hydrogen (secondary N) is 1. The third-order valence-electron chi connectivity index (χ3n) is 3.57. The maximum absolute atomic E-state index is 12.3. The second kappa shape index (κ2) is 6.62. The average Bonchev–Trinajstić information content (AvgIpc) is 2.83. The quantitative estimate of drug-likeness (QED) is 0.818. The van der Waals surface area contributed by atoms with E-state index < -0.39 is 33.7 Å². The number of aromatic nitrogens is 1. The Kier molecular flexibility index (Phi) is 5.02. The van der Waals surface area contributed by atoms with Crippen LogP contribution in [-0.2, 0) is 25.3 Å². The number of hydrogen-bond donors (Lipinski definition) is 1. The molecule has 1 aliphatic rings. The number of amides is 1. The van der Waals surface area contributed by atoms with Gasteiger partial charge in [-0.15, -0.1) is 0 Å². The van der Waals surface area contributed by atoms with Gasteiger partial charge in [0.1, 0.15) is 11.5 Å². The third-order valence-corrected chi connectivity index (χ3v) is 4.74. The molecule has 2 rings (SSSR count). The molecule has 0 spiro atoms. The number of carbonyl (C=O) groups excluding carboxylic acids is 1. The van der Waals surface area contributed by atoms with E-state index in [1.807, 2.05) is 0 Å². The van der Waals surface area contributed by atoms with Crippen LogP contribution in [0.15, 0.2) is 23.0 Å². The van der Waals surface area contributed by atoms with Crippen molar-refractivity contribution >= 4 is 15.9 Å². The van der Waals surface area contributed by atoms with Crippen LogP contribution in [0.4, 0.5) is 0 Å². The highest BCUT2D eigenvalue weighted by atomic mass is 32.2. The molecule has 1 saturated heterocycles. The number of aryl methyl sites for hydroxylation is 1. The first-order valence-corrected chi connectivity index (χ1v) is 8.65. The van der Waals surface area contributed by atoms with Crippen molar-refractivity contribution in [2.45, 2.75) is 38.5 Å². The first kappa shape index (κ1) is 16.7. The van der Waals surface area contributed by atoms with Crippen LogP contribution in [0.5, 0.6) is 0 Å². The highest BCUT2D eigenvalue weighted by Crippen LogP contribution is 2.26. The van der Waals surface area contributed by atoms with Gasteiger partial charge < -0.3 is 9.15 Å². The summed E-state index contributed by atoms with van der Waals surface area (Å²) in [5, 5.41) is 0. The van der Waals surface area contributed by atoms with E-state index in [-0.39, 0.29) is 5.69 Å². The Morgan fingerprint density at radius 2 is 2.27 bits per heavy atom. The Balaban J connectivity index is 2.06. The number of oxazole rings is 1. The van der Waals surface area contributed by atoms with Crippen molar-refractivity contribution < 1.29 is 22.4 Å². The van der Waals surface area contributed by atoms with Gasteiger partial charge in [-0.3, -0.25) is 9.52 Å². The first-order chi connectivity index (χ1) is 10.3. The molecule has 122 valence electrons. The van der Waals surface area contributed by atoms with Crippen molar-refractivity contribution in [1.29, 1.82) is 0 Å². The number of nitrogens with zero attached hydrogens (tertiary/aromatic N) is 1. The highest BCUT2D eigenvalue weighted by Gasteiger charge is 2.34. The van der Waals surface area contributed by atoms with Crippen LogP contribution in [0.2, 0.25) is 0 Å². The van der Waals surface area contributed by atoms with Crippen molar-refractivity contribution in [3.63, 3.8) is 0 Å². The second-order valence-corrected chi connectivity index (χ2v) is 7.19. The molecule has 2 atom stereocenters. The van der Waals surface area contributed by atoms with Gasteiger partial charge in [0.05, 0.1) is 17.7 Å². The van der Waals surface area contributed by atoms with Gasteiger partial charge in [0.2, 0.25) is 15.9 Å². The molecular weight excluding hydrogens is 308 g/mol. The highest BCUT2D eigenvalue weighted by molar-refractivity contribution is 7.89. The SMILES string of the molecule is C=C(C)[C@@H]1OCCC[C@H]1C(=O)NS(=O)(=O)Cc1ncoc1C. The van der Waals surface area contributed by atoms with Gasteiger partial charge in [-0.05, 0) is 26.7 Å². The van der Waals surface area contributed by atoms with Crippen molar-refractivity contribution in [1.82, 2.24) is 9.71 Å². The lowest BCUT2D eigenvalue weighted by molar-refractivity contribution is -0.130. The molecule has 1 aromatic rings. The predicted octanol–water partition coefficient (Wildman–Crippen LogP) is 1.30. The molecule has 8 heteroatoms. The number of rotatable bonds is 5. The molecule has 0 unspecified atom stereocenters. The molecule has 0 radical (unpaired) electrons. The number of ether oxygens (including phenoxy) is 1. The number of carbonyl (C=O) groups is 1. The number of hydrogen-bond acceptors (Lipinski definition) is 6. The van der Waals surface area contributed by atoms with Crippen LogP contribution in [0.25, 0.3) is 0 Å². The Morgan fingerprint density at radius 1 is 1.55 bits per heavy atom. The van der Waals surface area contributed by atoms with Crippen molar-refractivity contribution in [3.8, 4) is 0 Å². The zero-order valence-electron chi connectivity index (χ0n) is 12.7. The standard InChI is InChI=1S/C14H20N2O5S/c1-9(2)13-11(5-4-6-20-13)14(17)16-22(18,19)7-12-10(3)21-8-15-12/h8,11,13H,1,4-7H2,2-3H3,(H,16,17)/t11-,13+/m1/s1. The fourth-order valence-corrected chi connectivity index (χ4v) is 3.62. The van der Waals surface area contributed by atoms with Gasteiger partial charge in [-0.25, -0.2) is 13.4 Å². The molecular formula is C14H20N2O5S. The maximum Gasteiger partial charge on any atom is 0.240 e. The van der Waals surface area contributed by atoms with E-state index in [2.05, 4.69) is 16.3 Å². The minimum absolute atomic E-state index is 0.289. The summed E-state index contributed by atoms with van der Waals surface area (Å²) in [4.78, 5) is 16.1. The van der Waals surface area contributed by atoms with Crippen molar-refractivity contribution in [2.24, 2.45) is 5.92 Å². The molecule has 0 bridgehead atoms. The van der Waals surface area contributed by atoms with Gasteiger partial charge in [-0.2, -0.15) is 0 Å². The largest absolute Gasteiger partial charge is 0.448 e. The molecule has 7 nitrogen and oxygen atoms in total. The monoisotopic (exact) mass is 328 g/mol. The lowest BCUT2D eigenvalue weighted by Crippen LogP contribution is -2.44. The van der Waals surface area contributed by atoms with Gasteiger partial charge >= 0.3 is 0 Å². The van der Waals surface area contributed by atoms with Gasteiger partial charge in [0, 0.05) is 6.61 Å². The van der Waals surface area contributed by atoms with Crippen LogP contribution >= 0.6 is 0 Å². The minimum atomic E-state index is -3.83.